The van der Waals surface area contributed by atoms with Crippen molar-refractivity contribution in [3.05, 3.63) is 77.9 Å². The van der Waals surface area contributed by atoms with E-state index in [1.54, 1.807) is 6.07 Å². The van der Waals surface area contributed by atoms with E-state index in [1.807, 2.05) is 0 Å². The van der Waals surface area contributed by atoms with E-state index >= 15 is 0 Å². The highest BCUT2D eigenvalue weighted by Crippen LogP contribution is 2.38. The molecule has 6 nitrogen and oxygen atoms in total. The number of halogens is 4. The summed E-state index contributed by atoms with van der Waals surface area (Å²) in [5.74, 6) is -4.69. The first kappa shape index (κ1) is 22.0. The minimum Gasteiger partial charge on any atom is -0.441 e. The molecule has 10 heteroatoms. The van der Waals surface area contributed by atoms with Crippen molar-refractivity contribution >= 4 is 17.0 Å². The summed E-state index contributed by atoms with van der Waals surface area (Å²) in [7, 11) is 0. The van der Waals surface area contributed by atoms with Crippen molar-refractivity contribution in [3.63, 3.8) is 0 Å². The Labute approximate surface area is 191 Å². The monoisotopic (exact) mass is 470 g/mol. The minimum atomic E-state index is -3.15. The first-order chi connectivity index (χ1) is 16.3. The molecule has 174 valence electrons. The fourth-order valence-corrected chi connectivity index (χ4v) is 4.23. The molecule has 0 spiro atoms. The van der Waals surface area contributed by atoms with E-state index in [0.29, 0.717) is 5.58 Å². The van der Waals surface area contributed by atoms with E-state index in [1.165, 1.54) is 36.7 Å². The largest absolute Gasteiger partial charge is 0.441 e. The summed E-state index contributed by atoms with van der Waals surface area (Å²) >= 11 is 0. The van der Waals surface area contributed by atoms with Gasteiger partial charge in [0, 0.05) is 43.4 Å². The quantitative estimate of drug-likeness (QED) is 0.382. The maximum atomic E-state index is 14.8. The van der Waals surface area contributed by atoms with Gasteiger partial charge in [0.25, 0.3) is 11.8 Å². The number of carbonyl (C=O) groups excluding carboxylic acids is 1. The van der Waals surface area contributed by atoms with Gasteiger partial charge in [0.1, 0.15) is 17.2 Å². The molecule has 2 aromatic carbocycles. The number of benzene rings is 2. The molecule has 0 saturated carbocycles. The third-order valence-corrected chi connectivity index (χ3v) is 5.85. The Morgan fingerprint density at radius 3 is 2.62 bits per heavy atom. The Hall–Kier alpha value is -3.82. The molecule has 3 heterocycles. The van der Waals surface area contributed by atoms with Crippen LogP contribution in [0.25, 0.3) is 22.5 Å². The fraction of sp³-hybridized carbons (Fsp3) is 0.250. The topological polar surface area (TPSA) is 72.1 Å². The van der Waals surface area contributed by atoms with Crippen molar-refractivity contribution in [2.45, 2.75) is 31.2 Å². The molecule has 1 saturated heterocycles. The summed E-state index contributed by atoms with van der Waals surface area (Å²) in [6.07, 6.45) is 2.30. The van der Waals surface area contributed by atoms with Gasteiger partial charge in [-0.15, -0.1) is 0 Å². The van der Waals surface area contributed by atoms with E-state index in [9.17, 15) is 22.4 Å². The fourth-order valence-electron chi connectivity index (χ4n) is 4.23. The first-order valence-corrected chi connectivity index (χ1v) is 10.6. The lowest BCUT2D eigenvalue weighted by molar-refractivity contribution is -0.0323. The van der Waals surface area contributed by atoms with Crippen LogP contribution in [0.2, 0.25) is 0 Å². The lowest BCUT2D eigenvalue weighted by Gasteiger charge is -2.28. The maximum absolute atomic E-state index is 14.8. The molecule has 0 aliphatic carbocycles. The average Bonchev–Trinajstić information content (AvgIpc) is 3.36. The second-order valence-electron chi connectivity index (χ2n) is 8.05. The van der Waals surface area contributed by atoms with Crippen LogP contribution in [0.4, 0.5) is 17.6 Å². The smallest absolute Gasteiger partial charge is 0.269 e. The van der Waals surface area contributed by atoms with Gasteiger partial charge in [0.2, 0.25) is 0 Å². The van der Waals surface area contributed by atoms with Crippen LogP contribution in [-0.4, -0.2) is 44.3 Å². The molecule has 0 bridgehead atoms. The molecule has 0 unspecified atom stereocenters. The molecule has 34 heavy (non-hydrogen) atoms. The summed E-state index contributed by atoms with van der Waals surface area (Å²) in [5.41, 5.74) is 0.788. The van der Waals surface area contributed by atoms with Crippen molar-refractivity contribution in [2.75, 3.05) is 6.54 Å². The van der Waals surface area contributed by atoms with Crippen LogP contribution < -0.4 is 0 Å². The number of hydrogen-bond acceptors (Lipinski definition) is 5. The van der Waals surface area contributed by atoms with Crippen molar-refractivity contribution in [3.8, 4) is 11.4 Å². The zero-order valence-electron chi connectivity index (χ0n) is 17.7. The second-order valence-corrected chi connectivity index (χ2v) is 8.05. The number of carbonyl (C=O) groups is 1. The molecule has 1 atom stereocenters. The molecule has 0 N–H and O–H groups in total. The molecular weight excluding hydrogens is 452 g/mol. The number of aromatic nitrogens is 3. The number of aryl methyl sites for hydroxylation is 1. The number of nitrogens with zero attached hydrogens (tertiary/aromatic N) is 4. The van der Waals surface area contributed by atoms with Crippen LogP contribution >= 0.6 is 0 Å². The van der Waals surface area contributed by atoms with Gasteiger partial charge < -0.3 is 9.32 Å². The van der Waals surface area contributed by atoms with Gasteiger partial charge in [0.15, 0.2) is 17.3 Å². The van der Waals surface area contributed by atoms with Gasteiger partial charge in [-0.1, -0.05) is 0 Å². The van der Waals surface area contributed by atoms with Crippen molar-refractivity contribution in [1.82, 2.24) is 19.9 Å². The highest BCUT2D eigenvalue weighted by molar-refractivity contribution is 6.00. The van der Waals surface area contributed by atoms with E-state index in [4.69, 9.17) is 4.42 Å². The Morgan fingerprint density at radius 2 is 1.82 bits per heavy atom. The van der Waals surface area contributed by atoms with Crippen molar-refractivity contribution in [2.24, 2.45) is 0 Å². The van der Waals surface area contributed by atoms with E-state index in [0.717, 1.165) is 17.0 Å². The molecule has 1 aliphatic rings. The van der Waals surface area contributed by atoms with Crippen LogP contribution in [0.5, 0.6) is 0 Å². The summed E-state index contributed by atoms with van der Waals surface area (Å²) in [4.78, 5) is 26.8. The van der Waals surface area contributed by atoms with Crippen LogP contribution in [0.3, 0.4) is 0 Å². The average molecular weight is 470 g/mol. The number of rotatable bonds is 5. The van der Waals surface area contributed by atoms with Crippen LogP contribution in [0.1, 0.15) is 29.1 Å². The highest BCUT2D eigenvalue weighted by atomic mass is 19.3. The summed E-state index contributed by atoms with van der Waals surface area (Å²) < 4.78 is 62.6. The van der Waals surface area contributed by atoms with Gasteiger partial charge in [-0.05, 0) is 42.8 Å². The SMILES string of the molecule is O=C(c1cc(F)ccc1-c1ncccn1)N1CCC(F)(F)[C@H]1CCc1nc2cc(F)ccc2o1. The van der Waals surface area contributed by atoms with Crippen LogP contribution in [0, 0.1) is 11.6 Å². The highest BCUT2D eigenvalue weighted by Gasteiger charge is 2.50. The van der Waals surface area contributed by atoms with Crippen molar-refractivity contribution in [1.29, 1.82) is 0 Å². The molecule has 5 rings (SSSR count). The molecule has 2 aromatic heterocycles. The Balaban J connectivity index is 1.42. The Bertz CT molecular complexity index is 1360. The van der Waals surface area contributed by atoms with E-state index < -0.39 is 35.9 Å². The molecule has 0 radical (unpaired) electrons. The third-order valence-electron chi connectivity index (χ3n) is 5.85. The van der Waals surface area contributed by atoms with E-state index in [2.05, 4.69) is 15.0 Å². The predicted octanol–water partition coefficient (Wildman–Crippen LogP) is 5.05. The maximum Gasteiger partial charge on any atom is 0.269 e. The number of fused-ring (bicyclic) bond motifs is 1. The number of likely N-dealkylation sites (tertiary alicyclic amines) is 1. The van der Waals surface area contributed by atoms with Gasteiger partial charge in [-0.25, -0.2) is 32.5 Å². The predicted molar refractivity (Wildman–Crippen MR) is 114 cm³/mol. The molecule has 1 amide bonds. The van der Waals surface area contributed by atoms with Crippen molar-refractivity contribution < 1.29 is 26.8 Å². The van der Waals surface area contributed by atoms with E-state index in [-0.39, 0.29) is 47.7 Å². The standard InChI is InChI=1S/C24H18F4N4O2/c25-14-2-4-16(22-29-9-1-10-30-22)17(12-14)23(33)32-11-8-24(27,28)20(32)6-7-21-31-18-13-15(26)3-5-19(18)34-21/h1-5,9-10,12-13,20H,6-8,11H2/t20-/m1/s1. The molecular formula is C24H18F4N4O2. The Kier molecular flexibility index (Phi) is 5.51. The minimum absolute atomic E-state index is 0.0120. The van der Waals surface area contributed by atoms with Gasteiger partial charge in [0.05, 0.1) is 11.6 Å². The van der Waals surface area contributed by atoms with Gasteiger partial charge in [-0.3, -0.25) is 4.79 Å². The zero-order chi connectivity index (χ0) is 23.9. The lowest BCUT2D eigenvalue weighted by Crippen LogP contribution is -2.43. The zero-order valence-corrected chi connectivity index (χ0v) is 17.7. The lowest BCUT2D eigenvalue weighted by atomic mass is 10.0. The number of alkyl halides is 2. The normalized spacial score (nSPS) is 17.4. The Morgan fingerprint density at radius 1 is 1.09 bits per heavy atom. The van der Waals surface area contributed by atoms with Crippen LogP contribution in [0.15, 0.2) is 59.3 Å². The summed E-state index contributed by atoms with van der Waals surface area (Å²) in [5, 5.41) is 0. The third kappa shape index (κ3) is 4.11. The second kappa shape index (κ2) is 8.51. The number of hydrogen-bond donors (Lipinski definition) is 0. The van der Waals surface area contributed by atoms with Gasteiger partial charge in [-0.2, -0.15) is 0 Å². The number of amides is 1. The summed E-state index contributed by atoms with van der Waals surface area (Å²) in [6, 6.07) is 7.50. The molecule has 1 aliphatic heterocycles. The molecule has 4 aromatic rings. The number of oxazole rings is 1. The first-order valence-electron chi connectivity index (χ1n) is 10.6. The molecule has 1 fully saturated rings. The summed E-state index contributed by atoms with van der Waals surface area (Å²) in [6.45, 7) is -0.194. The van der Waals surface area contributed by atoms with Crippen LogP contribution in [-0.2, 0) is 6.42 Å². The van der Waals surface area contributed by atoms with Gasteiger partial charge >= 0.3 is 0 Å².